The number of fused-ring (bicyclic) bond motifs is 1. The molecule has 0 heterocycles. The van der Waals surface area contributed by atoms with E-state index in [-0.39, 0.29) is 36.0 Å². The highest BCUT2D eigenvalue weighted by molar-refractivity contribution is 7.89. The van der Waals surface area contributed by atoms with E-state index in [9.17, 15) is 13.2 Å². The second kappa shape index (κ2) is 12.2. The predicted molar refractivity (Wildman–Crippen MR) is 158 cm³/mol. The van der Waals surface area contributed by atoms with Gasteiger partial charge in [0.25, 0.3) is 0 Å². The standard InChI is InChI=1S/C32H35N3O4S/c1-39-31-12-5-3-8-25(31)21-35(22-32(36)34-27-17-15-26(33)16-18-27)40(37,38)28-19-13-24(14-20-28)30-11-6-9-23-7-2-4-10-29(23)30/h2-14,19-20,26-27H,15-18,21-22,33H2,1H3,(H,34,36). The number of carbonyl (C=O) groups is 1. The van der Waals surface area contributed by atoms with E-state index in [0.29, 0.717) is 11.3 Å². The lowest BCUT2D eigenvalue weighted by molar-refractivity contribution is -0.122. The first-order valence-electron chi connectivity index (χ1n) is 13.6. The molecular formula is C32H35N3O4S. The van der Waals surface area contributed by atoms with Gasteiger partial charge in [-0.3, -0.25) is 4.79 Å². The van der Waals surface area contributed by atoms with Gasteiger partial charge in [0.2, 0.25) is 15.9 Å². The number of benzene rings is 4. The molecule has 4 aromatic carbocycles. The van der Waals surface area contributed by atoms with Gasteiger partial charge >= 0.3 is 0 Å². The molecule has 5 rings (SSSR count). The number of nitrogens with two attached hydrogens (primary N) is 1. The highest BCUT2D eigenvalue weighted by Crippen LogP contribution is 2.30. The third-order valence-electron chi connectivity index (χ3n) is 7.59. The van der Waals surface area contributed by atoms with Crippen molar-refractivity contribution in [3.8, 4) is 16.9 Å². The third-order valence-corrected chi connectivity index (χ3v) is 9.39. The molecule has 0 radical (unpaired) electrons. The van der Waals surface area contributed by atoms with Gasteiger partial charge in [0.1, 0.15) is 5.75 Å². The average molecular weight is 558 g/mol. The maximum absolute atomic E-state index is 14.0. The van der Waals surface area contributed by atoms with Gasteiger partial charge in [-0.2, -0.15) is 4.31 Å². The van der Waals surface area contributed by atoms with Gasteiger partial charge in [0.05, 0.1) is 18.6 Å². The van der Waals surface area contributed by atoms with Crippen LogP contribution in [0.4, 0.5) is 0 Å². The van der Waals surface area contributed by atoms with Crippen LogP contribution in [0.1, 0.15) is 31.2 Å². The highest BCUT2D eigenvalue weighted by Gasteiger charge is 2.29. The normalized spacial score (nSPS) is 17.6. The highest BCUT2D eigenvalue weighted by atomic mass is 32.2. The zero-order chi connectivity index (χ0) is 28.1. The van der Waals surface area contributed by atoms with Crippen LogP contribution in [0.3, 0.4) is 0 Å². The first-order valence-corrected chi connectivity index (χ1v) is 15.0. The summed E-state index contributed by atoms with van der Waals surface area (Å²) in [4.78, 5) is 13.2. The maximum atomic E-state index is 14.0. The Morgan fingerprint density at radius 3 is 2.33 bits per heavy atom. The van der Waals surface area contributed by atoms with E-state index < -0.39 is 10.0 Å². The Morgan fingerprint density at radius 1 is 0.900 bits per heavy atom. The molecule has 0 saturated heterocycles. The molecule has 0 unspecified atom stereocenters. The fraction of sp³-hybridized carbons (Fsp3) is 0.281. The van der Waals surface area contributed by atoms with Crippen LogP contribution in [-0.2, 0) is 21.4 Å². The van der Waals surface area contributed by atoms with E-state index in [4.69, 9.17) is 10.5 Å². The second-order valence-corrected chi connectivity index (χ2v) is 12.3. The molecule has 1 aliphatic rings. The zero-order valence-electron chi connectivity index (χ0n) is 22.6. The summed E-state index contributed by atoms with van der Waals surface area (Å²) in [5.41, 5.74) is 8.63. The van der Waals surface area contributed by atoms with Crippen LogP contribution in [0, 0.1) is 0 Å². The van der Waals surface area contributed by atoms with Gasteiger partial charge in [-0.25, -0.2) is 8.42 Å². The molecule has 4 aromatic rings. The second-order valence-electron chi connectivity index (χ2n) is 10.3. The molecule has 1 saturated carbocycles. The maximum Gasteiger partial charge on any atom is 0.243 e. The van der Waals surface area contributed by atoms with E-state index in [1.54, 1.807) is 25.3 Å². The van der Waals surface area contributed by atoms with Crippen molar-refractivity contribution in [2.45, 2.75) is 49.2 Å². The van der Waals surface area contributed by atoms with E-state index in [2.05, 4.69) is 23.5 Å². The lowest BCUT2D eigenvalue weighted by Gasteiger charge is -2.28. The van der Waals surface area contributed by atoms with Crippen molar-refractivity contribution in [2.75, 3.05) is 13.7 Å². The van der Waals surface area contributed by atoms with E-state index in [1.807, 2.05) is 54.6 Å². The minimum atomic E-state index is -4.01. The topological polar surface area (TPSA) is 102 Å². The number of carbonyl (C=O) groups excluding carboxylic acids is 1. The summed E-state index contributed by atoms with van der Waals surface area (Å²) >= 11 is 0. The van der Waals surface area contributed by atoms with Gasteiger partial charge < -0.3 is 15.8 Å². The Labute approximate surface area is 236 Å². The van der Waals surface area contributed by atoms with Crippen LogP contribution in [-0.4, -0.2) is 44.4 Å². The Kier molecular flexibility index (Phi) is 8.49. The first-order chi connectivity index (χ1) is 19.3. The van der Waals surface area contributed by atoms with Crippen LogP contribution in [0.25, 0.3) is 21.9 Å². The van der Waals surface area contributed by atoms with Gasteiger partial charge in [-0.05, 0) is 65.8 Å². The molecule has 0 aromatic heterocycles. The third kappa shape index (κ3) is 6.20. The minimum absolute atomic E-state index is 0.000379. The number of ether oxygens (including phenoxy) is 1. The largest absolute Gasteiger partial charge is 0.496 e. The van der Waals surface area contributed by atoms with Crippen molar-refractivity contribution in [3.63, 3.8) is 0 Å². The molecule has 8 heteroatoms. The van der Waals surface area contributed by atoms with Gasteiger partial charge in [-0.1, -0.05) is 72.8 Å². The minimum Gasteiger partial charge on any atom is -0.496 e. The fourth-order valence-corrected chi connectivity index (χ4v) is 6.75. The molecule has 208 valence electrons. The summed E-state index contributed by atoms with van der Waals surface area (Å²) in [6, 6.07) is 28.5. The summed E-state index contributed by atoms with van der Waals surface area (Å²) in [5, 5.41) is 5.24. The molecule has 40 heavy (non-hydrogen) atoms. The number of para-hydroxylation sites is 1. The summed E-state index contributed by atoms with van der Waals surface area (Å²) in [6.45, 7) is -0.297. The number of amides is 1. The number of sulfonamides is 1. The molecule has 3 N–H and O–H groups in total. The van der Waals surface area contributed by atoms with Crippen LogP contribution in [0.2, 0.25) is 0 Å². The molecular weight excluding hydrogens is 522 g/mol. The molecule has 1 aliphatic carbocycles. The quantitative estimate of drug-likeness (QED) is 0.298. The summed E-state index contributed by atoms with van der Waals surface area (Å²) in [5.74, 6) is 0.238. The van der Waals surface area contributed by atoms with Gasteiger partial charge in [0, 0.05) is 24.2 Å². The number of nitrogens with zero attached hydrogens (tertiary/aromatic N) is 1. The summed E-state index contributed by atoms with van der Waals surface area (Å²) in [7, 11) is -2.47. The van der Waals surface area contributed by atoms with Gasteiger partial charge in [-0.15, -0.1) is 0 Å². The SMILES string of the molecule is COc1ccccc1CN(CC(=O)NC1CCC(N)CC1)S(=O)(=O)c1ccc(-c2cccc3ccccc23)cc1. The average Bonchev–Trinajstić information content (AvgIpc) is 2.98. The lowest BCUT2D eigenvalue weighted by Crippen LogP contribution is -2.46. The van der Waals surface area contributed by atoms with Crippen molar-refractivity contribution < 1.29 is 17.9 Å². The zero-order valence-corrected chi connectivity index (χ0v) is 23.4. The number of rotatable bonds is 9. The Morgan fingerprint density at radius 2 is 1.57 bits per heavy atom. The van der Waals surface area contributed by atoms with E-state index in [0.717, 1.165) is 47.6 Å². The summed E-state index contributed by atoms with van der Waals surface area (Å²) < 4.78 is 34.6. The molecule has 0 bridgehead atoms. The Balaban J connectivity index is 1.42. The van der Waals surface area contributed by atoms with Crippen LogP contribution in [0.15, 0.2) is 95.9 Å². The molecule has 7 nitrogen and oxygen atoms in total. The summed E-state index contributed by atoms with van der Waals surface area (Å²) in [6.07, 6.45) is 3.28. The smallest absolute Gasteiger partial charge is 0.243 e. The van der Waals surface area contributed by atoms with E-state index >= 15 is 0 Å². The molecule has 0 spiro atoms. The number of hydrogen-bond donors (Lipinski definition) is 2. The van der Waals surface area contributed by atoms with Crippen LogP contribution < -0.4 is 15.8 Å². The van der Waals surface area contributed by atoms with Crippen molar-refractivity contribution in [1.29, 1.82) is 0 Å². The van der Waals surface area contributed by atoms with Gasteiger partial charge in [0.15, 0.2) is 0 Å². The van der Waals surface area contributed by atoms with Crippen molar-refractivity contribution in [2.24, 2.45) is 5.73 Å². The molecule has 0 aliphatic heterocycles. The van der Waals surface area contributed by atoms with Crippen LogP contribution >= 0.6 is 0 Å². The Bertz CT molecular complexity index is 1570. The fourth-order valence-electron chi connectivity index (χ4n) is 5.38. The number of hydrogen-bond acceptors (Lipinski definition) is 5. The Hall–Kier alpha value is -3.72. The predicted octanol–water partition coefficient (Wildman–Crippen LogP) is 5.09. The number of methoxy groups -OCH3 is 1. The lowest BCUT2D eigenvalue weighted by atomic mass is 9.92. The first kappa shape index (κ1) is 27.8. The monoisotopic (exact) mass is 557 g/mol. The molecule has 0 atom stereocenters. The van der Waals surface area contributed by atoms with Crippen molar-refractivity contribution in [1.82, 2.24) is 9.62 Å². The molecule has 1 amide bonds. The van der Waals surface area contributed by atoms with Crippen molar-refractivity contribution in [3.05, 3.63) is 96.6 Å². The number of nitrogens with one attached hydrogen (secondary N) is 1. The van der Waals surface area contributed by atoms with Crippen molar-refractivity contribution >= 4 is 26.7 Å². The van der Waals surface area contributed by atoms with E-state index in [1.165, 1.54) is 4.31 Å². The molecule has 1 fully saturated rings. The van der Waals surface area contributed by atoms with Crippen LogP contribution in [0.5, 0.6) is 5.75 Å².